The molecule has 2 heterocycles. The molecule has 1 aromatic carbocycles. The molecular weight excluding hydrogens is 443 g/mol. The quantitative estimate of drug-likeness (QED) is 0.542. The summed E-state index contributed by atoms with van der Waals surface area (Å²) in [5.74, 6) is -1.46. The van der Waals surface area contributed by atoms with Crippen molar-refractivity contribution < 1.29 is 32.7 Å². The monoisotopic (exact) mass is 465 g/mol. The Hall–Kier alpha value is -2.94. The van der Waals surface area contributed by atoms with Gasteiger partial charge in [0.25, 0.3) is 0 Å². The number of carbonyl (C=O) groups excluding carboxylic acids is 2. The first-order valence-corrected chi connectivity index (χ1v) is 10.9. The third kappa shape index (κ3) is 6.06. The molecule has 1 unspecified atom stereocenters. The zero-order chi connectivity index (χ0) is 23.3. The van der Waals surface area contributed by atoms with Gasteiger partial charge in [0.15, 0.2) is 5.78 Å². The molecule has 1 saturated heterocycles. The highest BCUT2D eigenvalue weighted by molar-refractivity contribution is 7.13. The first-order valence-electron chi connectivity index (χ1n) is 10.1. The number of carboxylic acid groups (broad SMARTS) is 1. The van der Waals surface area contributed by atoms with Crippen LogP contribution in [0, 0.1) is 0 Å². The number of ketones is 1. The van der Waals surface area contributed by atoms with Crippen LogP contribution in [0.2, 0.25) is 0 Å². The van der Waals surface area contributed by atoms with Crippen molar-refractivity contribution in [2.24, 2.45) is 0 Å². The summed E-state index contributed by atoms with van der Waals surface area (Å²) < 4.78 is 39.3. The normalized spacial score (nSPS) is 16.8. The van der Waals surface area contributed by atoms with Gasteiger partial charge in [0.1, 0.15) is 4.88 Å². The molecule has 1 aliphatic rings. The summed E-state index contributed by atoms with van der Waals surface area (Å²) in [6, 6.07) is 8.03. The number of thiophene rings is 1. The summed E-state index contributed by atoms with van der Waals surface area (Å²) >= 11 is 1.20. The Bertz CT molecular complexity index is 1030. The third-order valence-corrected chi connectivity index (χ3v) is 6.39. The van der Waals surface area contributed by atoms with Gasteiger partial charge < -0.3 is 10.0 Å². The fraction of sp³-hybridized carbons (Fsp3) is 0.348. The van der Waals surface area contributed by atoms with Crippen LogP contribution in [0.25, 0.3) is 0 Å². The highest BCUT2D eigenvalue weighted by Gasteiger charge is 2.33. The summed E-state index contributed by atoms with van der Waals surface area (Å²) in [5, 5.41) is 8.98. The Morgan fingerprint density at radius 2 is 1.94 bits per heavy atom. The molecule has 3 rings (SSSR count). The highest BCUT2D eigenvalue weighted by atomic mass is 32.1. The second kappa shape index (κ2) is 10.1. The van der Waals surface area contributed by atoms with Crippen molar-refractivity contribution in [3.05, 3.63) is 69.4 Å². The number of rotatable bonds is 9. The van der Waals surface area contributed by atoms with Gasteiger partial charge in [0.05, 0.1) is 11.6 Å². The number of amides is 1. The van der Waals surface area contributed by atoms with Gasteiger partial charge in [-0.25, -0.2) is 4.79 Å². The molecule has 0 saturated carbocycles. The van der Waals surface area contributed by atoms with Crippen LogP contribution in [-0.2, 0) is 28.6 Å². The lowest BCUT2D eigenvalue weighted by Gasteiger charge is -2.22. The van der Waals surface area contributed by atoms with Crippen molar-refractivity contribution in [3.8, 4) is 0 Å². The summed E-state index contributed by atoms with van der Waals surface area (Å²) in [7, 11) is 0. The van der Waals surface area contributed by atoms with Gasteiger partial charge in [-0.05, 0) is 49.1 Å². The van der Waals surface area contributed by atoms with E-state index in [0.29, 0.717) is 32.2 Å². The van der Waals surface area contributed by atoms with Gasteiger partial charge in [-0.1, -0.05) is 24.3 Å². The lowest BCUT2D eigenvalue weighted by Crippen LogP contribution is -2.33. The van der Waals surface area contributed by atoms with E-state index in [2.05, 4.69) is 0 Å². The largest absolute Gasteiger partial charge is 0.477 e. The SMILES string of the molecule is O=C(/C=C/C1CCC(=O)N1CCCc1ccc(C(=O)O)s1)Cc1ccccc1C(F)(F)F. The molecule has 9 heteroatoms. The molecule has 0 aliphatic carbocycles. The molecule has 1 fully saturated rings. The number of hydrogen-bond donors (Lipinski definition) is 1. The number of aryl methyl sites for hydroxylation is 1. The van der Waals surface area contributed by atoms with E-state index < -0.39 is 23.5 Å². The molecule has 2 aromatic rings. The summed E-state index contributed by atoms with van der Waals surface area (Å²) in [6.07, 6.45) is 0.138. The molecular formula is C23H22F3NO4S. The second-order valence-corrected chi connectivity index (χ2v) is 8.69. The number of likely N-dealkylation sites (tertiary alicyclic amines) is 1. The number of carbonyl (C=O) groups is 3. The van der Waals surface area contributed by atoms with Crippen LogP contribution >= 0.6 is 11.3 Å². The Morgan fingerprint density at radius 1 is 1.19 bits per heavy atom. The maximum absolute atomic E-state index is 13.1. The van der Waals surface area contributed by atoms with Gasteiger partial charge in [-0.3, -0.25) is 9.59 Å². The molecule has 0 bridgehead atoms. The molecule has 0 spiro atoms. The minimum absolute atomic E-state index is 0.0353. The predicted molar refractivity (Wildman–Crippen MR) is 114 cm³/mol. The van der Waals surface area contributed by atoms with Crippen molar-refractivity contribution in [3.63, 3.8) is 0 Å². The highest BCUT2D eigenvalue weighted by Crippen LogP contribution is 2.32. The van der Waals surface area contributed by atoms with Crippen molar-refractivity contribution >= 4 is 29.0 Å². The molecule has 1 amide bonds. The first kappa shape index (κ1) is 23.7. The topological polar surface area (TPSA) is 74.7 Å². The van der Waals surface area contributed by atoms with E-state index in [1.54, 1.807) is 23.1 Å². The maximum Gasteiger partial charge on any atom is 0.416 e. The lowest BCUT2D eigenvalue weighted by atomic mass is 10.0. The minimum Gasteiger partial charge on any atom is -0.477 e. The van der Waals surface area contributed by atoms with Crippen LogP contribution in [0.1, 0.15) is 44.9 Å². The number of benzene rings is 1. The number of nitrogens with zero attached hydrogens (tertiary/aromatic N) is 1. The van der Waals surface area contributed by atoms with E-state index in [1.807, 2.05) is 0 Å². The predicted octanol–water partition coefficient (Wildman–Crippen LogP) is 4.76. The smallest absolute Gasteiger partial charge is 0.416 e. The third-order valence-electron chi connectivity index (χ3n) is 5.26. The maximum atomic E-state index is 13.1. The van der Waals surface area contributed by atoms with E-state index in [1.165, 1.54) is 35.6 Å². The van der Waals surface area contributed by atoms with E-state index in [0.717, 1.165) is 10.9 Å². The molecule has 1 aliphatic heterocycles. The van der Waals surface area contributed by atoms with E-state index in [4.69, 9.17) is 5.11 Å². The Morgan fingerprint density at radius 3 is 2.62 bits per heavy atom. The van der Waals surface area contributed by atoms with E-state index in [9.17, 15) is 27.6 Å². The number of aromatic carboxylic acids is 1. The number of hydrogen-bond acceptors (Lipinski definition) is 4. The molecule has 5 nitrogen and oxygen atoms in total. The van der Waals surface area contributed by atoms with Crippen LogP contribution in [0.3, 0.4) is 0 Å². The Balaban J connectivity index is 1.56. The molecule has 32 heavy (non-hydrogen) atoms. The fourth-order valence-electron chi connectivity index (χ4n) is 3.71. The van der Waals surface area contributed by atoms with E-state index in [-0.39, 0.29) is 28.8 Å². The second-order valence-electron chi connectivity index (χ2n) is 7.52. The number of allylic oxidation sites excluding steroid dienone is 1. The van der Waals surface area contributed by atoms with Crippen molar-refractivity contribution in [1.29, 1.82) is 0 Å². The van der Waals surface area contributed by atoms with Crippen molar-refractivity contribution in [2.75, 3.05) is 6.54 Å². The van der Waals surface area contributed by atoms with Crippen LogP contribution in [0.4, 0.5) is 13.2 Å². The number of alkyl halides is 3. The number of carboxylic acids is 1. The summed E-state index contributed by atoms with van der Waals surface area (Å²) in [6.45, 7) is 0.458. The lowest BCUT2D eigenvalue weighted by molar-refractivity contribution is -0.138. The van der Waals surface area contributed by atoms with Crippen molar-refractivity contribution in [2.45, 2.75) is 44.3 Å². The zero-order valence-electron chi connectivity index (χ0n) is 17.1. The summed E-state index contributed by atoms with van der Waals surface area (Å²) in [5.41, 5.74) is -0.898. The van der Waals surface area contributed by atoms with Crippen molar-refractivity contribution in [1.82, 2.24) is 4.90 Å². The van der Waals surface area contributed by atoms with Crippen LogP contribution < -0.4 is 0 Å². The Labute approximate surface area is 187 Å². The molecule has 170 valence electrons. The molecule has 0 radical (unpaired) electrons. The Kier molecular flexibility index (Phi) is 7.50. The molecule has 1 atom stereocenters. The van der Waals surface area contributed by atoms with E-state index >= 15 is 0 Å². The first-order chi connectivity index (χ1) is 15.1. The fourth-order valence-corrected chi connectivity index (χ4v) is 4.60. The minimum atomic E-state index is -4.52. The average Bonchev–Trinajstić information content (AvgIpc) is 3.34. The van der Waals surface area contributed by atoms with Gasteiger partial charge in [0.2, 0.25) is 5.91 Å². The average molecular weight is 465 g/mol. The standard InChI is InChI=1S/C23H22F3NO4S/c24-23(25,26)19-6-2-1-4-15(19)14-17(28)9-7-16-8-12-21(29)27(16)13-3-5-18-10-11-20(32-18)22(30)31/h1-2,4,6-7,9-11,16H,3,5,8,12-14H2,(H,30,31)/b9-7+. The van der Waals surface area contributed by atoms with Crippen LogP contribution in [0.15, 0.2) is 48.6 Å². The molecule has 1 aromatic heterocycles. The van der Waals surface area contributed by atoms with Gasteiger partial charge >= 0.3 is 12.1 Å². The van der Waals surface area contributed by atoms with Crippen LogP contribution in [-0.4, -0.2) is 40.3 Å². The zero-order valence-corrected chi connectivity index (χ0v) is 17.9. The summed E-state index contributed by atoms with van der Waals surface area (Å²) in [4.78, 5) is 38.3. The van der Waals surface area contributed by atoms with Gasteiger partial charge in [0, 0.05) is 24.3 Å². The van der Waals surface area contributed by atoms with Crippen LogP contribution in [0.5, 0.6) is 0 Å². The van der Waals surface area contributed by atoms with Gasteiger partial charge in [-0.2, -0.15) is 13.2 Å². The molecule has 1 N–H and O–H groups in total. The number of halogens is 3. The van der Waals surface area contributed by atoms with Gasteiger partial charge in [-0.15, -0.1) is 11.3 Å².